The van der Waals surface area contributed by atoms with Crippen LogP contribution in [0.2, 0.25) is 5.02 Å². The van der Waals surface area contributed by atoms with Crippen LogP contribution in [0, 0.1) is 0 Å². The topological polar surface area (TPSA) is 44.4 Å². The summed E-state index contributed by atoms with van der Waals surface area (Å²) in [6.45, 7) is 4.17. The highest BCUT2D eigenvalue weighted by Gasteiger charge is 2.09. The van der Waals surface area contributed by atoms with E-state index in [1.54, 1.807) is 12.1 Å². The Morgan fingerprint density at radius 1 is 1.24 bits per heavy atom. The van der Waals surface area contributed by atoms with Crippen LogP contribution in [0.25, 0.3) is 0 Å². The van der Waals surface area contributed by atoms with Gasteiger partial charge in [0.2, 0.25) is 0 Å². The molecule has 2 N–H and O–H groups in total. The van der Waals surface area contributed by atoms with Gasteiger partial charge >= 0.3 is 6.03 Å². The summed E-state index contributed by atoms with van der Waals surface area (Å²) < 4.78 is 0. The number of likely N-dealkylation sites (tertiary alicyclic amines) is 1. The molecule has 0 aliphatic carbocycles. The molecular weight excluding hydrogens is 309 g/mol. The summed E-state index contributed by atoms with van der Waals surface area (Å²) in [5.41, 5.74) is 0.714. The third kappa shape index (κ3) is 7.02. The number of benzene rings is 1. The molecule has 1 aliphatic heterocycles. The van der Waals surface area contributed by atoms with E-state index < -0.39 is 0 Å². The van der Waals surface area contributed by atoms with E-state index in [4.69, 9.17) is 11.6 Å². The predicted octanol–water partition coefficient (Wildman–Crippen LogP) is 3.76. The normalized spacial score (nSPS) is 15.1. The summed E-state index contributed by atoms with van der Waals surface area (Å²) >= 11 is 5.86. The number of rotatable bonds is 5. The molecule has 0 unspecified atom stereocenters. The Balaban J connectivity index is 0.00000220. The van der Waals surface area contributed by atoms with Crippen molar-refractivity contribution >= 4 is 35.7 Å². The second-order valence-electron chi connectivity index (χ2n) is 5.15. The van der Waals surface area contributed by atoms with Crippen molar-refractivity contribution in [1.29, 1.82) is 0 Å². The summed E-state index contributed by atoms with van der Waals surface area (Å²) in [6, 6.07) is 6.97. The number of anilines is 1. The van der Waals surface area contributed by atoms with Gasteiger partial charge in [-0.1, -0.05) is 24.1 Å². The molecule has 2 rings (SSSR count). The lowest BCUT2D eigenvalue weighted by Gasteiger charge is -2.26. The van der Waals surface area contributed by atoms with Crippen molar-refractivity contribution in [2.75, 3.05) is 31.5 Å². The van der Waals surface area contributed by atoms with E-state index in [-0.39, 0.29) is 18.4 Å². The molecule has 2 amide bonds. The highest BCUT2D eigenvalue weighted by atomic mass is 35.5. The van der Waals surface area contributed by atoms with Crippen molar-refractivity contribution in [2.24, 2.45) is 0 Å². The molecule has 1 saturated heterocycles. The number of nitrogens with one attached hydrogen (secondary N) is 2. The zero-order valence-electron chi connectivity index (χ0n) is 12.1. The summed E-state index contributed by atoms with van der Waals surface area (Å²) in [7, 11) is 0. The number of carbonyl (C=O) groups excluding carboxylic acids is 1. The lowest BCUT2D eigenvalue weighted by atomic mass is 10.1. The minimum atomic E-state index is -0.175. The molecule has 21 heavy (non-hydrogen) atoms. The number of halogens is 2. The Bertz CT molecular complexity index is 437. The van der Waals surface area contributed by atoms with Gasteiger partial charge in [0.25, 0.3) is 0 Å². The third-order valence-electron chi connectivity index (χ3n) is 3.47. The summed E-state index contributed by atoms with van der Waals surface area (Å²) in [6.07, 6.45) is 4.96. The molecule has 118 valence electrons. The summed E-state index contributed by atoms with van der Waals surface area (Å²) in [4.78, 5) is 14.2. The van der Waals surface area contributed by atoms with Crippen molar-refractivity contribution in [3.8, 4) is 0 Å². The number of carbonyl (C=O) groups is 1. The van der Waals surface area contributed by atoms with Crippen LogP contribution in [0.3, 0.4) is 0 Å². The minimum Gasteiger partial charge on any atom is -0.338 e. The van der Waals surface area contributed by atoms with Crippen molar-refractivity contribution in [3.05, 3.63) is 29.3 Å². The van der Waals surface area contributed by atoms with Gasteiger partial charge in [0, 0.05) is 17.3 Å². The molecule has 0 aromatic heterocycles. The quantitative estimate of drug-likeness (QED) is 0.807. The lowest BCUT2D eigenvalue weighted by molar-refractivity contribution is 0.224. The molecule has 1 aromatic carbocycles. The van der Waals surface area contributed by atoms with Crippen molar-refractivity contribution in [2.45, 2.75) is 25.7 Å². The van der Waals surface area contributed by atoms with Gasteiger partial charge in [0.15, 0.2) is 0 Å². The van der Waals surface area contributed by atoms with E-state index in [0.29, 0.717) is 17.3 Å². The van der Waals surface area contributed by atoms with Crippen LogP contribution >= 0.6 is 24.0 Å². The first-order valence-electron chi connectivity index (χ1n) is 7.27. The summed E-state index contributed by atoms with van der Waals surface area (Å²) in [5, 5.41) is 6.26. The largest absolute Gasteiger partial charge is 0.338 e. The average molecular weight is 332 g/mol. The van der Waals surface area contributed by atoms with E-state index in [0.717, 1.165) is 13.0 Å². The maximum absolute atomic E-state index is 11.7. The smallest absolute Gasteiger partial charge is 0.319 e. The second kappa shape index (κ2) is 9.87. The van der Waals surface area contributed by atoms with E-state index in [1.807, 2.05) is 12.1 Å². The fourth-order valence-electron chi connectivity index (χ4n) is 2.43. The molecule has 0 bridgehead atoms. The van der Waals surface area contributed by atoms with Crippen LogP contribution in [0.4, 0.5) is 10.5 Å². The maximum Gasteiger partial charge on any atom is 0.319 e. The second-order valence-corrected chi connectivity index (χ2v) is 5.58. The Morgan fingerprint density at radius 2 is 2.00 bits per heavy atom. The molecule has 0 atom stereocenters. The van der Waals surface area contributed by atoms with Crippen LogP contribution < -0.4 is 10.6 Å². The Labute approximate surface area is 137 Å². The molecule has 1 fully saturated rings. The molecule has 4 nitrogen and oxygen atoms in total. The van der Waals surface area contributed by atoms with Gasteiger partial charge in [-0.2, -0.15) is 0 Å². The SMILES string of the molecule is Cl.O=C(NCCCN1CCCCC1)Nc1cccc(Cl)c1. The fraction of sp³-hybridized carbons (Fsp3) is 0.533. The first-order chi connectivity index (χ1) is 9.74. The predicted molar refractivity (Wildman–Crippen MR) is 90.6 cm³/mol. The fourth-order valence-corrected chi connectivity index (χ4v) is 2.62. The lowest BCUT2D eigenvalue weighted by Crippen LogP contribution is -2.34. The number of amides is 2. The van der Waals surface area contributed by atoms with Gasteiger partial charge in [-0.15, -0.1) is 12.4 Å². The number of piperidine rings is 1. The molecule has 1 aliphatic rings. The molecule has 0 spiro atoms. The van der Waals surface area contributed by atoms with E-state index >= 15 is 0 Å². The number of urea groups is 1. The van der Waals surface area contributed by atoms with Gasteiger partial charge in [-0.05, 0) is 57.1 Å². The monoisotopic (exact) mass is 331 g/mol. The van der Waals surface area contributed by atoms with Crippen LogP contribution in [0.5, 0.6) is 0 Å². The molecule has 1 aromatic rings. The first-order valence-corrected chi connectivity index (χ1v) is 7.64. The van der Waals surface area contributed by atoms with Gasteiger partial charge in [-0.3, -0.25) is 0 Å². The van der Waals surface area contributed by atoms with Gasteiger partial charge < -0.3 is 15.5 Å². The zero-order chi connectivity index (χ0) is 14.2. The van der Waals surface area contributed by atoms with Crippen molar-refractivity contribution < 1.29 is 4.79 Å². The first kappa shape index (κ1) is 18.1. The van der Waals surface area contributed by atoms with E-state index in [9.17, 15) is 4.79 Å². The van der Waals surface area contributed by atoms with E-state index in [2.05, 4.69) is 15.5 Å². The standard InChI is InChI=1S/C15H22ClN3O.ClH/c16-13-6-4-7-14(12-13)18-15(20)17-8-5-11-19-9-2-1-3-10-19;/h4,6-7,12H,1-3,5,8-11H2,(H2,17,18,20);1H. The van der Waals surface area contributed by atoms with Gasteiger partial charge in [-0.25, -0.2) is 4.79 Å². The van der Waals surface area contributed by atoms with Crippen molar-refractivity contribution in [1.82, 2.24) is 10.2 Å². The molecule has 1 heterocycles. The number of hydrogen-bond acceptors (Lipinski definition) is 2. The van der Waals surface area contributed by atoms with E-state index in [1.165, 1.54) is 32.4 Å². The van der Waals surface area contributed by atoms with Gasteiger partial charge in [0.05, 0.1) is 0 Å². The minimum absolute atomic E-state index is 0. The van der Waals surface area contributed by atoms with Crippen molar-refractivity contribution in [3.63, 3.8) is 0 Å². The third-order valence-corrected chi connectivity index (χ3v) is 3.70. The molecule has 0 radical (unpaired) electrons. The van der Waals surface area contributed by atoms with Crippen LogP contribution in [-0.2, 0) is 0 Å². The van der Waals surface area contributed by atoms with Gasteiger partial charge in [0.1, 0.15) is 0 Å². The zero-order valence-corrected chi connectivity index (χ0v) is 13.7. The van der Waals surface area contributed by atoms with Crippen LogP contribution in [0.1, 0.15) is 25.7 Å². The molecular formula is C15H23Cl2N3O. The molecule has 0 saturated carbocycles. The highest BCUT2D eigenvalue weighted by molar-refractivity contribution is 6.30. The van der Waals surface area contributed by atoms with Crippen LogP contribution in [-0.4, -0.2) is 37.1 Å². The Hall–Kier alpha value is -0.970. The highest BCUT2D eigenvalue weighted by Crippen LogP contribution is 2.14. The maximum atomic E-state index is 11.7. The Kier molecular flexibility index (Phi) is 8.50. The van der Waals surface area contributed by atoms with Crippen LogP contribution in [0.15, 0.2) is 24.3 Å². The molecule has 6 heteroatoms. The Morgan fingerprint density at radius 3 is 2.71 bits per heavy atom. The summed E-state index contributed by atoms with van der Waals surface area (Å²) in [5.74, 6) is 0. The number of nitrogens with zero attached hydrogens (tertiary/aromatic N) is 1. The number of hydrogen-bond donors (Lipinski definition) is 2. The average Bonchev–Trinajstić information content (AvgIpc) is 2.45.